The highest BCUT2D eigenvalue weighted by atomic mass is 19.4. The number of aromatic nitrogens is 1. The number of ether oxygens (including phenoxy) is 1. The molecule has 10 nitrogen and oxygen atoms in total. The quantitative estimate of drug-likeness (QED) is 0.409. The van der Waals surface area contributed by atoms with Crippen molar-refractivity contribution in [3.63, 3.8) is 0 Å². The number of halogens is 3. The molecular formula is C29H27F3N4O6. The lowest BCUT2D eigenvalue weighted by molar-refractivity contribution is -0.208. The summed E-state index contributed by atoms with van der Waals surface area (Å²) in [5.74, 6) is -5.22. The van der Waals surface area contributed by atoms with Crippen LogP contribution in [-0.2, 0) is 25.8 Å². The van der Waals surface area contributed by atoms with E-state index in [9.17, 15) is 32.3 Å². The molecule has 13 heteroatoms. The third-order valence-electron chi connectivity index (χ3n) is 7.13. The molecule has 1 saturated carbocycles. The summed E-state index contributed by atoms with van der Waals surface area (Å²) < 4.78 is 43.3. The number of hydroxylamine groups is 1. The fraction of sp³-hybridized carbons (Fsp3) is 0.345. The monoisotopic (exact) mass is 584 g/mol. The number of hydrogen-bond acceptors (Lipinski definition) is 7. The molecule has 2 aromatic carbocycles. The smallest absolute Gasteiger partial charge is 0.489 e. The van der Waals surface area contributed by atoms with Crippen LogP contribution in [0.15, 0.2) is 54.6 Å². The number of fused-ring (bicyclic) bond motifs is 1. The number of carbonyl (C=O) groups is 4. The summed E-state index contributed by atoms with van der Waals surface area (Å²) in [6, 6.07) is 15.0. The predicted octanol–water partition coefficient (Wildman–Crippen LogP) is 3.23. The van der Waals surface area contributed by atoms with E-state index < -0.39 is 35.9 Å². The SMILES string of the molecule is Cc1cc(COc2ccc(C(=O)N[C@@H]3CN(C(=O)C4CC4)C[C@@H]3C(=O)NOC(=O)C(F)(F)F)cc2)c2ccccc2n1. The van der Waals surface area contributed by atoms with E-state index in [2.05, 4.69) is 15.1 Å². The van der Waals surface area contributed by atoms with Gasteiger partial charge >= 0.3 is 12.1 Å². The van der Waals surface area contributed by atoms with E-state index in [1.54, 1.807) is 12.1 Å². The number of nitrogens with zero attached hydrogens (tertiary/aromatic N) is 2. The summed E-state index contributed by atoms with van der Waals surface area (Å²) in [5, 5.41) is 3.66. The van der Waals surface area contributed by atoms with Crippen LogP contribution in [0.2, 0.25) is 0 Å². The van der Waals surface area contributed by atoms with Gasteiger partial charge in [0.15, 0.2) is 0 Å². The standard InChI is InChI=1S/C29H27F3N4O6/c1-16-12-19(21-4-2-3-5-23(21)33-16)15-41-20-10-8-17(9-11-20)25(37)34-24-14-36(27(39)18-6-7-18)13-22(24)26(38)35-42-28(40)29(30,31)32/h2-5,8-12,18,22,24H,6-7,13-15H2,1H3,(H,34,37)(H,35,38)/t22-,24+/m0/s1. The Bertz CT molecular complexity index is 1520. The van der Waals surface area contributed by atoms with E-state index in [4.69, 9.17) is 4.74 Å². The Morgan fingerprint density at radius 3 is 2.43 bits per heavy atom. The number of rotatable bonds is 7. The molecule has 1 aliphatic heterocycles. The van der Waals surface area contributed by atoms with Crippen molar-refractivity contribution in [3.8, 4) is 5.75 Å². The summed E-state index contributed by atoms with van der Waals surface area (Å²) in [5.41, 5.74) is 4.42. The Hall–Kier alpha value is -4.68. The number of nitrogens with one attached hydrogen (secondary N) is 2. The minimum absolute atomic E-state index is 0.0210. The van der Waals surface area contributed by atoms with Crippen LogP contribution in [0.5, 0.6) is 5.75 Å². The maximum absolute atomic E-state index is 13.0. The van der Waals surface area contributed by atoms with Crippen molar-refractivity contribution in [1.82, 2.24) is 20.7 Å². The number of amides is 3. The number of hydrogen-bond donors (Lipinski definition) is 2. The fourth-order valence-corrected chi connectivity index (χ4v) is 4.84. The van der Waals surface area contributed by atoms with Crippen LogP contribution in [-0.4, -0.2) is 58.9 Å². The van der Waals surface area contributed by atoms with Gasteiger partial charge in [-0.25, -0.2) is 4.79 Å². The number of benzene rings is 2. The van der Waals surface area contributed by atoms with Crippen LogP contribution in [0.3, 0.4) is 0 Å². The molecular weight excluding hydrogens is 557 g/mol. The molecule has 2 atom stereocenters. The van der Waals surface area contributed by atoms with Crippen LogP contribution < -0.4 is 15.5 Å². The van der Waals surface area contributed by atoms with Crippen LogP contribution in [0, 0.1) is 18.8 Å². The zero-order chi connectivity index (χ0) is 30.0. The van der Waals surface area contributed by atoms with E-state index >= 15 is 0 Å². The number of aryl methyl sites for hydroxylation is 1. The Kier molecular flexibility index (Phi) is 8.01. The van der Waals surface area contributed by atoms with E-state index in [1.165, 1.54) is 22.5 Å². The van der Waals surface area contributed by atoms with Gasteiger partial charge in [-0.05, 0) is 56.2 Å². The predicted molar refractivity (Wildman–Crippen MR) is 142 cm³/mol. The summed E-state index contributed by atoms with van der Waals surface area (Å²) in [7, 11) is 0. The minimum atomic E-state index is -5.30. The Balaban J connectivity index is 1.22. The molecule has 220 valence electrons. The van der Waals surface area contributed by atoms with Crippen LogP contribution >= 0.6 is 0 Å². The van der Waals surface area contributed by atoms with Crippen LogP contribution in [0.4, 0.5) is 13.2 Å². The van der Waals surface area contributed by atoms with Crippen molar-refractivity contribution in [2.75, 3.05) is 13.1 Å². The van der Waals surface area contributed by atoms with Crippen LogP contribution in [0.1, 0.15) is 34.5 Å². The Labute approximate surface area is 238 Å². The molecule has 0 bridgehead atoms. The number of pyridine rings is 1. The second kappa shape index (κ2) is 11.7. The van der Waals surface area contributed by atoms with E-state index in [0.29, 0.717) is 18.6 Å². The average molecular weight is 585 g/mol. The van der Waals surface area contributed by atoms with Gasteiger partial charge in [0.1, 0.15) is 12.4 Å². The van der Waals surface area contributed by atoms with Gasteiger partial charge in [-0.15, -0.1) is 0 Å². The van der Waals surface area contributed by atoms with Gasteiger partial charge in [0.05, 0.1) is 17.5 Å². The molecule has 42 heavy (non-hydrogen) atoms. The first kappa shape index (κ1) is 28.8. The van der Waals surface area contributed by atoms with E-state index in [0.717, 1.165) is 22.2 Å². The summed E-state index contributed by atoms with van der Waals surface area (Å²) in [6.07, 6.45) is -3.89. The Morgan fingerprint density at radius 1 is 1.02 bits per heavy atom. The summed E-state index contributed by atoms with van der Waals surface area (Å²) in [4.78, 5) is 59.1. The van der Waals surface area contributed by atoms with E-state index in [1.807, 2.05) is 37.3 Å². The van der Waals surface area contributed by atoms with Crippen LogP contribution in [0.25, 0.3) is 10.9 Å². The highest BCUT2D eigenvalue weighted by molar-refractivity contribution is 5.95. The molecule has 3 amide bonds. The molecule has 0 radical (unpaired) electrons. The minimum Gasteiger partial charge on any atom is -0.489 e. The molecule has 5 rings (SSSR count). The van der Waals surface area contributed by atoms with Gasteiger partial charge in [-0.3, -0.25) is 19.4 Å². The van der Waals surface area contributed by atoms with Gasteiger partial charge < -0.3 is 19.8 Å². The number of carbonyl (C=O) groups excluding carboxylic acids is 4. The molecule has 2 aliphatic rings. The number of para-hydroxylation sites is 1. The lowest BCUT2D eigenvalue weighted by atomic mass is 10.0. The topological polar surface area (TPSA) is 127 Å². The van der Waals surface area contributed by atoms with Crippen molar-refractivity contribution < 1.29 is 41.9 Å². The summed E-state index contributed by atoms with van der Waals surface area (Å²) in [6.45, 7) is 2.01. The van der Waals surface area contributed by atoms with Gasteiger partial charge in [-0.1, -0.05) is 18.2 Å². The highest BCUT2D eigenvalue weighted by Gasteiger charge is 2.46. The zero-order valence-corrected chi connectivity index (χ0v) is 22.4. The molecule has 3 aromatic rings. The van der Waals surface area contributed by atoms with Crippen molar-refractivity contribution >= 4 is 34.6 Å². The maximum atomic E-state index is 13.0. The normalized spacial score (nSPS) is 18.4. The highest BCUT2D eigenvalue weighted by Crippen LogP contribution is 2.33. The molecule has 2 N–H and O–H groups in total. The van der Waals surface area contributed by atoms with Crippen molar-refractivity contribution in [2.24, 2.45) is 11.8 Å². The van der Waals surface area contributed by atoms with Crippen molar-refractivity contribution in [1.29, 1.82) is 0 Å². The third kappa shape index (κ3) is 6.61. The average Bonchev–Trinajstić information content (AvgIpc) is 3.73. The van der Waals surface area contributed by atoms with Gasteiger partial charge in [0, 0.05) is 41.2 Å². The second-order valence-electron chi connectivity index (χ2n) is 10.3. The largest absolute Gasteiger partial charge is 0.493 e. The molecule has 1 aliphatic carbocycles. The van der Waals surface area contributed by atoms with E-state index in [-0.39, 0.29) is 37.1 Å². The fourth-order valence-electron chi connectivity index (χ4n) is 4.84. The molecule has 2 heterocycles. The van der Waals surface area contributed by atoms with Gasteiger partial charge in [0.25, 0.3) is 11.8 Å². The maximum Gasteiger partial charge on any atom is 0.493 e. The second-order valence-corrected chi connectivity index (χ2v) is 10.3. The Morgan fingerprint density at radius 2 is 1.74 bits per heavy atom. The van der Waals surface area contributed by atoms with Crippen molar-refractivity contribution in [2.45, 2.75) is 38.6 Å². The van der Waals surface area contributed by atoms with Gasteiger partial charge in [0.2, 0.25) is 5.91 Å². The van der Waals surface area contributed by atoms with Gasteiger partial charge in [-0.2, -0.15) is 18.7 Å². The zero-order valence-electron chi connectivity index (χ0n) is 22.4. The number of likely N-dealkylation sites (tertiary alicyclic amines) is 1. The lowest BCUT2D eigenvalue weighted by Gasteiger charge is -2.19. The first-order valence-electron chi connectivity index (χ1n) is 13.2. The molecule has 1 saturated heterocycles. The third-order valence-corrected chi connectivity index (χ3v) is 7.13. The first-order valence-corrected chi connectivity index (χ1v) is 13.2. The van der Waals surface area contributed by atoms with Crippen molar-refractivity contribution in [3.05, 3.63) is 71.4 Å². The lowest BCUT2D eigenvalue weighted by Crippen LogP contribution is -2.47. The molecule has 1 aromatic heterocycles. The summed E-state index contributed by atoms with van der Waals surface area (Å²) >= 11 is 0. The molecule has 2 fully saturated rings. The molecule has 0 unspecified atom stereocenters. The first-order chi connectivity index (χ1) is 20.0. The molecule has 0 spiro atoms. The number of alkyl halides is 3.